The highest BCUT2D eigenvalue weighted by atomic mass is 32.2. The molecular weight excluding hydrogens is 254 g/mol. The van der Waals surface area contributed by atoms with Gasteiger partial charge in [-0.25, -0.2) is 13.6 Å². The molecule has 3 atom stereocenters. The Morgan fingerprint density at radius 3 is 2.56 bits per heavy atom. The highest BCUT2D eigenvalue weighted by molar-refractivity contribution is 7.89. The van der Waals surface area contributed by atoms with Gasteiger partial charge >= 0.3 is 0 Å². The molecule has 0 bridgehead atoms. The molecule has 0 spiro atoms. The van der Waals surface area contributed by atoms with Gasteiger partial charge < -0.3 is 10.6 Å². The van der Waals surface area contributed by atoms with Gasteiger partial charge in [0.25, 0.3) is 0 Å². The predicted molar refractivity (Wildman–Crippen MR) is 68.0 cm³/mol. The highest BCUT2D eigenvalue weighted by Crippen LogP contribution is 2.28. The van der Waals surface area contributed by atoms with Crippen molar-refractivity contribution in [2.24, 2.45) is 16.8 Å². The van der Waals surface area contributed by atoms with Crippen LogP contribution in [0.25, 0.3) is 0 Å². The number of hydrogen-bond acceptors (Lipinski definition) is 4. The molecule has 1 unspecified atom stereocenters. The minimum Gasteiger partial charge on any atom is -0.338 e. The van der Waals surface area contributed by atoms with E-state index in [9.17, 15) is 13.2 Å². The molecule has 1 saturated carbocycles. The molecule has 2 rings (SSSR count). The Morgan fingerprint density at radius 2 is 1.94 bits per heavy atom. The Morgan fingerprint density at radius 1 is 1.28 bits per heavy atom. The van der Waals surface area contributed by atoms with Gasteiger partial charge in [0.05, 0.1) is 5.75 Å². The number of primary sulfonamides is 1. The molecule has 0 aromatic rings. The number of nitrogens with zero attached hydrogens (tertiary/aromatic N) is 1. The normalized spacial score (nSPS) is 34.0. The van der Waals surface area contributed by atoms with E-state index in [1.54, 1.807) is 4.90 Å². The minimum atomic E-state index is -3.51. The maximum Gasteiger partial charge on any atom is 0.223 e. The summed E-state index contributed by atoms with van der Waals surface area (Å²) in [6.45, 7) is 0.480. The van der Waals surface area contributed by atoms with Crippen molar-refractivity contribution in [2.45, 2.75) is 44.2 Å². The van der Waals surface area contributed by atoms with Gasteiger partial charge in [-0.2, -0.15) is 0 Å². The zero-order chi connectivity index (χ0) is 13.3. The molecule has 1 saturated heterocycles. The topological polar surface area (TPSA) is 106 Å². The fraction of sp³-hybridized carbons (Fsp3) is 0.909. The number of carbonyl (C=O) groups excluding carboxylic acids is 1. The second-order valence-corrected chi connectivity index (χ2v) is 7.12. The maximum absolute atomic E-state index is 12.0. The molecule has 4 N–H and O–H groups in total. The average molecular weight is 275 g/mol. The van der Waals surface area contributed by atoms with Gasteiger partial charge in [-0.1, -0.05) is 12.8 Å². The number of amides is 1. The third kappa shape index (κ3) is 3.21. The molecule has 1 heterocycles. The van der Waals surface area contributed by atoms with Crippen LogP contribution in [0, 0.1) is 5.92 Å². The molecule has 0 radical (unpaired) electrons. The van der Waals surface area contributed by atoms with Crippen molar-refractivity contribution in [1.29, 1.82) is 0 Å². The Kier molecular flexibility index (Phi) is 3.93. The lowest BCUT2D eigenvalue weighted by molar-refractivity contribution is -0.130. The summed E-state index contributed by atoms with van der Waals surface area (Å²) in [4.78, 5) is 13.7. The van der Waals surface area contributed by atoms with Crippen molar-refractivity contribution in [1.82, 2.24) is 4.90 Å². The van der Waals surface area contributed by atoms with Crippen molar-refractivity contribution in [3.8, 4) is 0 Å². The summed E-state index contributed by atoms with van der Waals surface area (Å²) in [5, 5.41) is 5.03. The van der Waals surface area contributed by atoms with Crippen LogP contribution in [0.2, 0.25) is 0 Å². The second kappa shape index (κ2) is 5.14. The minimum absolute atomic E-state index is 0.0194. The summed E-state index contributed by atoms with van der Waals surface area (Å²) in [5.41, 5.74) is 6.06. The van der Waals surface area contributed by atoms with E-state index < -0.39 is 10.0 Å². The summed E-state index contributed by atoms with van der Waals surface area (Å²) in [6.07, 6.45) is 4.34. The van der Waals surface area contributed by atoms with E-state index in [0.717, 1.165) is 25.7 Å². The number of rotatable bonds is 3. The second-order valence-electron chi connectivity index (χ2n) is 5.46. The number of likely N-dealkylation sites (tertiary alicyclic amines) is 1. The Labute approximate surface area is 108 Å². The largest absolute Gasteiger partial charge is 0.338 e. The first-order chi connectivity index (χ1) is 8.37. The van der Waals surface area contributed by atoms with Crippen LogP contribution in [0.1, 0.15) is 32.1 Å². The average Bonchev–Trinajstić information content (AvgIpc) is 2.57. The molecule has 2 aliphatic rings. The van der Waals surface area contributed by atoms with Gasteiger partial charge in [-0.15, -0.1) is 0 Å². The zero-order valence-corrected chi connectivity index (χ0v) is 11.2. The quantitative estimate of drug-likeness (QED) is 0.716. The van der Waals surface area contributed by atoms with E-state index in [1.807, 2.05) is 0 Å². The van der Waals surface area contributed by atoms with Crippen molar-refractivity contribution < 1.29 is 13.2 Å². The van der Waals surface area contributed by atoms with Gasteiger partial charge in [-0.05, 0) is 12.8 Å². The van der Waals surface area contributed by atoms with E-state index in [2.05, 4.69) is 0 Å². The van der Waals surface area contributed by atoms with Crippen LogP contribution < -0.4 is 10.9 Å². The fourth-order valence-electron chi connectivity index (χ4n) is 3.10. The van der Waals surface area contributed by atoms with Crippen molar-refractivity contribution in [3.05, 3.63) is 0 Å². The van der Waals surface area contributed by atoms with E-state index in [-0.39, 0.29) is 36.1 Å². The summed E-state index contributed by atoms with van der Waals surface area (Å²) in [5.74, 6) is -0.273. The van der Waals surface area contributed by atoms with E-state index >= 15 is 0 Å². The van der Waals surface area contributed by atoms with E-state index in [1.165, 1.54) is 0 Å². The first-order valence-corrected chi connectivity index (χ1v) is 8.14. The van der Waals surface area contributed by atoms with Gasteiger partial charge in [0.15, 0.2) is 0 Å². The Balaban J connectivity index is 2.00. The first kappa shape index (κ1) is 13.8. The lowest BCUT2D eigenvalue weighted by atomic mass is 9.90. The number of nitrogens with two attached hydrogens (primary N) is 2. The van der Waals surface area contributed by atoms with Crippen LogP contribution in [-0.4, -0.2) is 43.6 Å². The molecule has 7 heteroatoms. The first-order valence-electron chi connectivity index (χ1n) is 6.42. The van der Waals surface area contributed by atoms with Crippen LogP contribution in [0.3, 0.4) is 0 Å². The van der Waals surface area contributed by atoms with Crippen molar-refractivity contribution in [3.63, 3.8) is 0 Å². The molecule has 1 aliphatic carbocycles. The monoisotopic (exact) mass is 275 g/mol. The van der Waals surface area contributed by atoms with Gasteiger partial charge in [0.1, 0.15) is 0 Å². The standard InChI is InChI=1S/C11H21N3O3S/c12-9-3-1-2-4-10(9)14-6-8(5-11(14)15)7-18(13,16)17/h8-10H,1-7,12H2,(H2,13,16,17)/t8?,9-,10+/m1/s1. The van der Waals surface area contributed by atoms with Crippen LogP contribution in [0.15, 0.2) is 0 Å². The van der Waals surface area contributed by atoms with Gasteiger partial charge in [0, 0.05) is 31.0 Å². The smallest absolute Gasteiger partial charge is 0.223 e. The third-order valence-electron chi connectivity index (χ3n) is 3.89. The molecule has 0 aromatic carbocycles. The molecule has 1 amide bonds. The Bertz CT molecular complexity index is 423. The summed E-state index contributed by atoms with van der Waals surface area (Å²) in [7, 11) is -3.51. The lowest BCUT2D eigenvalue weighted by Gasteiger charge is -2.36. The highest BCUT2D eigenvalue weighted by Gasteiger charge is 2.38. The molecule has 0 aromatic heterocycles. The maximum atomic E-state index is 12.0. The lowest BCUT2D eigenvalue weighted by Crippen LogP contribution is -2.50. The molecule has 18 heavy (non-hydrogen) atoms. The SMILES string of the molecule is N[C@@H]1CCCC[C@@H]1N1CC(CS(N)(=O)=O)CC1=O. The molecule has 2 fully saturated rings. The van der Waals surface area contributed by atoms with Crippen LogP contribution in [0.5, 0.6) is 0 Å². The molecule has 1 aliphatic heterocycles. The Hall–Kier alpha value is -0.660. The number of hydrogen-bond donors (Lipinski definition) is 2. The number of carbonyl (C=O) groups is 1. The predicted octanol–water partition coefficient (Wildman–Crippen LogP) is -0.607. The van der Waals surface area contributed by atoms with Crippen molar-refractivity contribution in [2.75, 3.05) is 12.3 Å². The van der Waals surface area contributed by atoms with Crippen LogP contribution in [0.4, 0.5) is 0 Å². The summed E-state index contributed by atoms with van der Waals surface area (Å²) < 4.78 is 22.1. The summed E-state index contributed by atoms with van der Waals surface area (Å²) in [6, 6.07) is 0.104. The fourth-order valence-corrected chi connectivity index (χ4v) is 3.98. The number of sulfonamides is 1. The third-order valence-corrected chi connectivity index (χ3v) is 4.82. The van der Waals surface area contributed by atoms with E-state index in [4.69, 9.17) is 10.9 Å². The zero-order valence-electron chi connectivity index (χ0n) is 10.4. The summed E-state index contributed by atoms with van der Waals surface area (Å²) >= 11 is 0. The van der Waals surface area contributed by atoms with Gasteiger partial charge in [-0.3, -0.25) is 4.79 Å². The van der Waals surface area contributed by atoms with Crippen molar-refractivity contribution >= 4 is 15.9 Å². The van der Waals surface area contributed by atoms with Crippen LogP contribution >= 0.6 is 0 Å². The van der Waals surface area contributed by atoms with Crippen LogP contribution in [-0.2, 0) is 14.8 Å². The van der Waals surface area contributed by atoms with Gasteiger partial charge in [0.2, 0.25) is 15.9 Å². The molecular formula is C11H21N3O3S. The van der Waals surface area contributed by atoms with E-state index in [0.29, 0.717) is 6.54 Å². The molecule has 104 valence electrons. The molecule has 6 nitrogen and oxygen atoms in total.